The Morgan fingerprint density at radius 2 is 0.746 bits per heavy atom. The molecule has 0 atom stereocenters. The van der Waals surface area contributed by atoms with Gasteiger partial charge in [0.1, 0.15) is 12.5 Å². The van der Waals surface area contributed by atoms with E-state index in [9.17, 15) is 0 Å². The van der Waals surface area contributed by atoms with Gasteiger partial charge < -0.3 is 9.13 Å². The van der Waals surface area contributed by atoms with Crippen LogP contribution in [0.25, 0.3) is 100 Å². The summed E-state index contributed by atoms with van der Waals surface area (Å²) < 4.78 is 4.78. The van der Waals surface area contributed by atoms with Gasteiger partial charge in [-0.15, -0.1) is 0 Å². The van der Waals surface area contributed by atoms with E-state index in [1.165, 1.54) is 65.3 Å². The predicted molar refractivity (Wildman–Crippen MR) is 250 cm³/mol. The molecule has 0 amide bonds. The lowest BCUT2D eigenvalue weighted by molar-refractivity contribution is 1.17. The third kappa shape index (κ3) is 6.10. The van der Waals surface area contributed by atoms with Gasteiger partial charge in [-0.05, 0) is 90.0 Å². The van der Waals surface area contributed by atoms with E-state index in [1.807, 2.05) is 24.3 Å². The second-order valence-electron chi connectivity index (χ2n) is 15.2. The first-order chi connectivity index (χ1) is 29.1. The van der Waals surface area contributed by atoms with E-state index in [2.05, 4.69) is 198 Å². The summed E-state index contributed by atoms with van der Waals surface area (Å²) in [4.78, 5) is 11.4. The second kappa shape index (κ2) is 14.3. The van der Waals surface area contributed by atoms with Gasteiger partial charge in [0.25, 0.3) is 0 Å². The van der Waals surface area contributed by atoms with Gasteiger partial charge >= 0.3 is 0 Å². The zero-order chi connectivity index (χ0) is 39.5. The van der Waals surface area contributed by atoms with Gasteiger partial charge in [-0.1, -0.05) is 121 Å². The average Bonchev–Trinajstić information content (AvgIpc) is 3.82. The first-order valence-electron chi connectivity index (χ1n) is 19.9. The first-order valence-corrected chi connectivity index (χ1v) is 22.0. The molecule has 0 bridgehead atoms. The fourth-order valence-electron chi connectivity index (χ4n) is 8.58. The van der Waals surface area contributed by atoms with Crippen LogP contribution in [0.5, 0.6) is 0 Å². The van der Waals surface area contributed by atoms with Gasteiger partial charge in [0.15, 0.2) is 10.7 Å². The van der Waals surface area contributed by atoms with Crippen molar-refractivity contribution in [1.29, 1.82) is 0 Å². The van der Waals surface area contributed by atoms with E-state index in [0.717, 1.165) is 33.8 Å². The van der Waals surface area contributed by atoms with Crippen molar-refractivity contribution in [2.75, 3.05) is 12.5 Å². The minimum atomic E-state index is 0.222. The molecule has 0 fully saturated rings. The van der Waals surface area contributed by atoms with Crippen molar-refractivity contribution in [2.45, 2.75) is 4.90 Å². The van der Waals surface area contributed by atoms with Crippen molar-refractivity contribution >= 4 is 54.5 Å². The van der Waals surface area contributed by atoms with E-state index in [0.29, 0.717) is 5.82 Å². The summed E-state index contributed by atoms with van der Waals surface area (Å²) in [6.07, 6.45) is 4.54. The number of fused-ring (bicyclic) bond motifs is 6. The van der Waals surface area contributed by atoms with Crippen LogP contribution >= 0.6 is 0 Å². The highest BCUT2D eigenvalue weighted by molar-refractivity contribution is 7.95. The maximum atomic E-state index is 5.07. The second-order valence-corrected chi connectivity index (χ2v) is 17.3. The van der Waals surface area contributed by atoms with Crippen LogP contribution in [0.1, 0.15) is 0 Å². The van der Waals surface area contributed by atoms with Crippen molar-refractivity contribution in [2.24, 2.45) is 0 Å². The van der Waals surface area contributed by atoms with Crippen molar-refractivity contribution < 1.29 is 0 Å². The number of hydrogen-bond acceptors (Lipinski definition) is 2. The van der Waals surface area contributed by atoms with Crippen LogP contribution in [0.3, 0.4) is 0 Å². The minimum Gasteiger partial charge on any atom is -0.309 e. The normalized spacial score (nSPS) is 11.7. The molecule has 0 unspecified atom stereocenters. The zero-order valence-corrected chi connectivity index (χ0v) is 33.6. The first kappa shape index (κ1) is 35.0. The van der Waals surface area contributed by atoms with Crippen LogP contribution in [0.2, 0.25) is 0 Å². The number of rotatable bonds is 7. The molecule has 3 aromatic heterocycles. The fraction of sp³-hybridized carbons (Fsp3) is 0.0370. The molecule has 4 nitrogen and oxygen atoms in total. The number of hydrogen-bond donors (Lipinski definition) is 0. The molecule has 0 spiro atoms. The third-order valence-electron chi connectivity index (χ3n) is 11.5. The molecule has 11 aromatic rings. The summed E-state index contributed by atoms with van der Waals surface area (Å²) >= 11 is 0. The maximum Gasteiger partial charge on any atom is 0.160 e. The third-order valence-corrected chi connectivity index (χ3v) is 12.7. The van der Waals surface area contributed by atoms with Gasteiger partial charge in [-0.3, -0.25) is 0 Å². The molecule has 11 rings (SSSR count). The van der Waals surface area contributed by atoms with Gasteiger partial charge in [-0.25, -0.2) is 9.97 Å². The Morgan fingerprint density at radius 1 is 0.339 bits per heavy atom. The largest absolute Gasteiger partial charge is 0.309 e. The number of para-hydroxylation sites is 2. The van der Waals surface area contributed by atoms with Crippen molar-refractivity contribution in [3.63, 3.8) is 0 Å². The Hall–Kier alpha value is -7.21. The highest BCUT2D eigenvalue weighted by atomic mass is 32.2. The van der Waals surface area contributed by atoms with Crippen molar-refractivity contribution in [3.8, 4) is 56.4 Å². The summed E-state index contributed by atoms with van der Waals surface area (Å²) in [5.74, 6) is 0.714. The summed E-state index contributed by atoms with van der Waals surface area (Å²) in [7, 11) is 0.222. The molecule has 0 aliphatic rings. The summed E-state index contributed by atoms with van der Waals surface area (Å²) in [6, 6.07) is 71.9. The monoisotopic (exact) mass is 775 g/mol. The molecular weight excluding hydrogens is 737 g/mol. The summed E-state index contributed by atoms with van der Waals surface area (Å²) in [5, 5.41) is 4.97. The molecular formula is C54H39N4S+. The lowest BCUT2D eigenvalue weighted by atomic mass is 10.0. The van der Waals surface area contributed by atoms with E-state index in [-0.39, 0.29) is 10.9 Å². The molecule has 0 radical (unpaired) electrons. The standard InChI is InChI=1S/C54H39N4S/c1-59(2)43-29-27-42(28-30-43)58-51-20-12-10-18-45(51)47-34-40(24-32-53(47)58)39-23-31-52-46(33-39)44-17-9-11-19-50(44)57(52)41-25-21-37(22-26-41)49-35-48(36-13-5-3-6-14-36)55-54(56-49)38-15-7-4-8-16-38/h3-35H,1-2H3/q+1. The maximum absolute atomic E-state index is 5.07. The smallest absolute Gasteiger partial charge is 0.160 e. The van der Waals surface area contributed by atoms with E-state index < -0.39 is 0 Å². The SMILES string of the molecule is C[S+](C)c1ccc(-n2c3ccccc3c3cc(-c4ccc5c(c4)c4ccccc4n5-c4ccc(-c5cc(-c6ccccc6)nc(-c6ccccc6)n5)cc4)ccc32)cc1. The van der Waals surface area contributed by atoms with Crippen LogP contribution in [-0.2, 0) is 10.9 Å². The highest BCUT2D eigenvalue weighted by Gasteiger charge is 2.18. The molecule has 0 aliphatic heterocycles. The zero-order valence-electron chi connectivity index (χ0n) is 32.7. The topological polar surface area (TPSA) is 35.6 Å². The molecule has 0 saturated heterocycles. The Bertz CT molecular complexity index is 3270. The molecule has 5 heteroatoms. The fourth-order valence-corrected chi connectivity index (χ4v) is 9.26. The number of nitrogens with zero attached hydrogens (tertiary/aromatic N) is 4. The Balaban J connectivity index is 0.993. The molecule has 8 aromatic carbocycles. The number of benzene rings is 8. The van der Waals surface area contributed by atoms with Crippen LogP contribution in [0, 0.1) is 0 Å². The molecule has 59 heavy (non-hydrogen) atoms. The van der Waals surface area contributed by atoms with Crippen LogP contribution in [0.15, 0.2) is 205 Å². The highest BCUT2D eigenvalue weighted by Crippen LogP contribution is 2.39. The Kier molecular flexibility index (Phi) is 8.49. The van der Waals surface area contributed by atoms with Crippen molar-refractivity contribution in [3.05, 3.63) is 200 Å². The van der Waals surface area contributed by atoms with E-state index >= 15 is 0 Å². The lowest BCUT2D eigenvalue weighted by Crippen LogP contribution is -1.98. The summed E-state index contributed by atoms with van der Waals surface area (Å²) in [5.41, 5.74) is 14.4. The molecule has 0 saturated carbocycles. The average molecular weight is 776 g/mol. The van der Waals surface area contributed by atoms with Crippen molar-refractivity contribution in [1.82, 2.24) is 19.1 Å². The number of aromatic nitrogens is 4. The molecule has 3 heterocycles. The van der Waals surface area contributed by atoms with Gasteiger partial charge in [0.05, 0.1) is 33.5 Å². The van der Waals surface area contributed by atoms with Crippen LogP contribution in [-0.4, -0.2) is 31.6 Å². The molecule has 0 aliphatic carbocycles. The lowest BCUT2D eigenvalue weighted by Gasteiger charge is -2.12. The quantitative estimate of drug-likeness (QED) is 0.151. The minimum absolute atomic E-state index is 0.222. The predicted octanol–water partition coefficient (Wildman–Crippen LogP) is 13.6. The van der Waals surface area contributed by atoms with E-state index in [1.54, 1.807) is 0 Å². The van der Waals surface area contributed by atoms with Crippen LogP contribution in [0.4, 0.5) is 0 Å². The van der Waals surface area contributed by atoms with Gasteiger partial charge in [0, 0.05) is 60.5 Å². The molecule has 0 N–H and O–H groups in total. The van der Waals surface area contributed by atoms with Gasteiger partial charge in [-0.2, -0.15) is 0 Å². The Labute approximate surface area is 346 Å². The summed E-state index contributed by atoms with van der Waals surface area (Å²) in [6.45, 7) is 0. The molecule has 280 valence electrons. The Morgan fingerprint density at radius 3 is 1.25 bits per heavy atom. The van der Waals surface area contributed by atoms with Gasteiger partial charge in [0.2, 0.25) is 0 Å². The van der Waals surface area contributed by atoms with E-state index in [4.69, 9.17) is 9.97 Å². The van der Waals surface area contributed by atoms with Crippen LogP contribution < -0.4 is 0 Å².